The monoisotopic (exact) mass is 195 g/mol. The third kappa shape index (κ3) is 1.23. The Balaban J connectivity index is 2.71. The van der Waals surface area contributed by atoms with Crippen molar-refractivity contribution in [2.45, 2.75) is 0 Å². The van der Waals surface area contributed by atoms with Crippen LogP contribution in [0.2, 0.25) is 0 Å². The Bertz CT molecular complexity index is 461. The molecular formula is C7H6ClN5. The second-order valence-corrected chi connectivity index (χ2v) is 2.60. The Morgan fingerprint density at radius 2 is 2.38 bits per heavy atom. The van der Waals surface area contributed by atoms with Crippen molar-refractivity contribution in [3.8, 4) is 0 Å². The lowest BCUT2D eigenvalue weighted by molar-refractivity contribution is 0.946. The summed E-state index contributed by atoms with van der Waals surface area (Å²) in [4.78, 5) is 3.95. The number of hydrogen-bond donors (Lipinski definition) is 1. The number of nitrogens with two attached hydrogens (primary N) is 1. The van der Waals surface area contributed by atoms with Crippen molar-refractivity contribution >= 4 is 23.1 Å². The van der Waals surface area contributed by atoms with Crippen LogP contribution in [-0.2, 0) is 0 Å². The lowest BCUT2D eigenvalue weighted by Crippen LogP contribution is -2.11. The molecule has 0 amide bonds. The molecule has 0 saturated heterocycles. The van der Waals surface area contributed by atoms with E-state index in [2.05, 4.69) is 14.6 Å². The Labute approximate surface area is 79.0 Å². The summed E-state index contributed by atoms with van der Waals surface area (Å²) < 4.78 is 5.02. The summed E-state index contributed by atoms with van der Waals surface area (Å²) in [5.74, 6) is 0.240. The summed E-state index contributed by atoms with van der Waals surface area (Å²) in [7, 11) is 0. The molecule has 5 nitrogen and oxygen atoms in total. The Morgan fingerprint density at radius 3 is 3.15 bits per heavy atom. The predicted octanol–water partition coefficient (Wildman–Crippen LogP) is 0.588. The molecule has 0 aromatic carbocycles. The summed E-state index contributed by atoms with van der Waals surface area (Å²) in [5.41, 5.74) is 7.01. The van der Waals surface area contributed by atoms with Crippen LogP contribution in [0.25, 0.3) is 5.52 Å². The highest BCUT2D eigenvalue weighted by Gasteiger charge is 2.06. The molecule has 0 spiro atoms. The first-order chi connectivity index (χ1) is 6.33. The van der Waals surface area contributed by atoms with Gasteiger partial charge in [-0.25, -0.2) is 4.52 Å². The Kier molecular flexibility index (Phi) is 1.86. The van der Waals surface area contributed by atoms with E-state index in [0.717, 1.165) is 5.52 Å². The summed E-state index contributed by atoms with van der Waals surface area (Å²) in [6.45, 7) is 0. The third-order valence-electron chi connectivity index (χ3n) is 1.69. The lowest BCUT2D eigenvalue weighted by Gasteiger charge is -1.94. The van der Waals surface area contributed by atoms with Crippen molar-refractivity contribution in [1.82, 2.24) is 14.6 Å². The molecule has 6 heteroatoms. The molecule has 2 aromatic heterocycles. The fourth-order valence-electron chi connectivity index (χ4n) is 1.08. The zero-order valence-corrected chi connectivity index (χ0v) is 7.31. The zero-order valence-electron chi connectivity index (χ0n) is 6.55. The SMILES string of the molecule is N/C(=N\Cl)c1cnn2ccncc12. The number of nitrogens with zero attached hydrogens (tertiary/aromatic N) is 4. The minimum atomic E-state index is 0.240. The summed E-state index contributed by atoms with van der Waals surface area (Å²) in [6.07, 6.45) is 6.60. The maximum Gasteiger partial charge on any atom is 0.149 e. The minimum Gasteiger partial charge on any atom is -0.382 e. The van der Waals surface area contributed by atoms with Gasteiger partial charge in [-0.15, -0.1) is 0 Å². The van der Waals surface area contributed by atoms with Gasteiger partial charge in [0.25, 0.3) is 0 Å². The van der Waals surface area contributed by atoms with Crippen molar-refractivity contribution in [2.24, 2.45) is 10.2 Å². The Hall–Kier alpha value is -1.62. The molecule has 2 aromatic rings. The standard InChI is InChI=1S/C7H6ClN5/c8-12-7(9)5-3-11-13-2-1-10-4-6(5)13/h1-4H,(H2,9,12). The molecule has 2 rings (SSSR count). The van der Waals surface area contributed by atoms with E-state index in [9.17, 15) is 0 Å². The quantitative estimate of drug-likeness (QED) is 0.535. The molecule has 0 radical (unpaired) electrons. The predicted molar refractivity (Wildman–Crippen MR) is 49.6 cm³/mol. The van der Waals surface area contributed by atoms with E-state index in [1.54, 1.807) is 29.3 Å². The van der Waals surface area contributed by atoms with Crippen LogP contribution in [0.5, 0.6) is 0 Å². The maximum atomic E-state index is 5.54. The van der Waals surface area contributed by atoms with Crippen LogP contribution in [0.1, 0.15) is 5.56 Å². The molecule has 13 heavy (non-hydrogen) atoms. The van der Waals surface area contributed by atoms with E-state index >= 15 is 0 Å². The van der Waals surface area contributed by atoms with Gasteiger partial charge >= 0.3 is 0 Å². The first kappa shape index (κ1) is 8.00. The van der Waals surface area contributed by atoms with Gasteiger partial charge in [-0.3, -0.25) is 4.98 Å². The number of amidine groups is 1. The van der Waals surface area contributed by atoms with Gasteiger partial charge in [0, 0.05) is 24.2 Å². The lowest BCUT2D eigenvalue weighted by atomic mass is 10.3. The van der Waals surface area contributed by atoms with E-state index in [0.29, 0.717) is 5.56 Å². The number of rotatable bonds is 1. The van der Waals surface area contributed by atoms with Crippen LogP contribution in [0.15, 0.2) is 29.3 Å². The highest BCUT2D eigenvalue weighted by molar-refractivity contribution is 6.22. The summed E-state index contributed by atoms with van der Waals surface area (Å²) in [5, 5.41) is 4.04. The fraction of sp³-hybridized carbons (Fsp3) is 0. The smallest absolute Gasteiger partial charge is 0.149 e. The first-order valence-corrected chi connectivity index (χ1v) is 3.89. The number of halogens is 1. The second kappa shape index (κ2) is 3.02. The van der Waals surface area contributed by atoms with Gasteiger partial charge in [-0.1, -0.05) is 0 Å². The van der Waals surface area contributed by atoms with Crippen molar-refractivity contribution < 1.29 is 0 Å². The summed E-state index contributed by atoms with van der Waals surface area (Å²) in [6, 6.07) is 0. The van der Waals surface area contributed by atoms with Gasteiger partial charge < -0.3 is 5.73 Å². The van der Waals surface area contributed by atoms with Crippen molar-refractivity contribution in [2.75, 3.05) is 0 Å². The van der Waals surface area contributed by atoms with Crippen molar-refractivity contribution in [1.29, 1.82) is 0 Å². The van der Waals surface area contributed by atoms with Gasteiger partial charge in [-0.05, 0) is 0 Å². The van der Waals surface area contributed by atoms with Gasteiger partial charge in [0.1, 0.15) is 5.84 Å². The molecule has 0 fully saturated rings. The van der Waals surface area contributed by atoms with E-state index in [4.69, 9.17) is 17.5 Å². The third-order valence-corrected chi connectivity index (χ3v) is 1.87. The number of aromatic nitrogens is 3. The van der Waals surface area contributed by atoms with Crippen molar-refractivity contribution in [3.05, 3.63) is 30.4 Å². The average molecular weight is 196 g/mol. The normalized spacial score (nSPS) is 12.2. The van der Waals surface area contributed by atoms with Crippen LogP contribution in [-0.4, -0.2) is 20.4 Å². The molecule has 0 aliphatic heterocycles. The minimum absolute atomic E-state index is 0.240. The van der Waals surface area contributed by atoms with Crippen LogP contribution in [0.3, 0.4) is 0 Å². The van der Waals surface area contributed by atoms with E-state index < -0.39 is 0 Å². The number of fused-ring (bicyclic) bond motifs is 1. The molecule has 0 atom stereocenters. The largest absolute Gasteiger partial charge is 0.382 e. The topological polar surface area (TPSA) is 68.6 Å². The van der Waals surface area contributed by atoms with Crippen LogP contribution >= 0.6 is 11.8 Å². The van der Waals surface area contributed by atoms with Gasteiger partial charge in [0.2, 0.25) is 0 Å². The van der Waals surface area contributed by atoms with E-state index in [1.807, 2.05) is 0 Å². The number of hydrogen-bond acceptors (Lipinski definition) is 3. The first-order valence-electron chi connectivity index (χ1n) is 3.55. The molecule has 66 valence electrons. The van der Waals surface area contributed by atoms with Crippen LogP contribution in [0.4, 0.5) is 0 Å². The average Bonchev–Trinajstić information content (AvgIpc) is 2.60. The second-order valence-electron chi connectivity index (χ2n) is 2.43. The zero-order chi connectivity index (χ0) is 9.26. The highest BCUT2D eigenvalue weighted by atomic mass is 35.5. The summed E-state index contributed by atoms with van der Waals surface area (Å²) >= 11 is 5.25. The van der Waals surface area contributed by atoms with E-state index in [-0.39, 0.29) is 5.84 Å². The molecule has 0 unspecified atom stereocenters. The molecule has 0 saturated carbocycles. The molecular weight excluding hydrogens is 190 g/mol. The Morgan fingerprint density at radius 1 is 1.54 bits per heavy atom. The van der Waals surface area contributed by atoms with Crippen LogP contribution in [0, 0.1) is 0 Å². The fourth-order valence-corrected chi connectivity index (χ4v) is 1.17. The van der Waals surface area contributed by atoms with Gasteiger partial charge in [0.05, 0.1) is 23.5 Å². The van der Waals surface area contributed by atoms with Gasteiger partial charge in [0.15, 0.2) is 0 Å². The van der Waals surface area contributed by atoms with Gasteiger partial charge in [-0.2, -0.15) is 9.61 Å². The van der Waals surface area contributed by atoms with Crippen molar-refractivity contribution in [3.63, 3.8) is 0 Å². The molecule has 0 bridgehead atoms. The molecule has 2 heterocycles. The maximum absolute atomic E-state index is 5.54. The molecule has 2 N–H and O–H groups in total. The van der Waals surface area contributed by atoms with E-state index in [1.165, 1.54) is 0 Å². The molecule has 0 aliphatic carbocycles. The molecule has 0 aliphatic rings. The highest BCUT2D eigenvalue weighted by Crippen LogP contribution is 2.08. The van der Waals surface area contributed by atoms with Crippen LogP contribution < -0.4 is 5.73 Å².